The molecule has 49 heavy (non-hydrogen) atoms. The van der Waals surface area contributed by atoms with Gasteiger partial charge in [0, 0.05) is 70.3 Å². The van der Waals surface area contributed by atoms with Crippen molar-refractivity contribution in [3.8, 4) is 23.1 Å². The molecule has 0 unspecified atom stereocenters. The summed E-state index contributed by atoms with van der Waals surface area (Å²) < 4.78 is 27.9. The van der Waals surface area contributed by atoms with Crippen LogP contribution in [-0.4, -0.2) is 70.1 Å². The Hall–Kier alpha value is -4.04. The molecule has 8 nitrogen and oxygen atoms in total. The van der Waals surface area contributed by atoms with Crippen LogP contribution < -0.4 is 10.1 Å². The summed E-state index contributed by atoms with van der Waals surface area (Å²) in [6.45, 7) is 5.33. The minimum atomic E-state index is -0.370. The van der Waals surface area contributed by atoms with Gasteiger partial charge in [-0.25, -0.2) is 9.37 Å². The van der Waals surface area contributed by atoms with Crippen LogP contribution in [0.15, 0.2) is 41.8 Å². The number of aryl methyl sites for hydroxylation is 1. The predicted molar refractivity (Wildman–Crippen MR) is 191 cm³/mol. The summed E-state index contributed by atoms with van der Waals surface area (Å²) in [5, 5.41) is 18.0. The van der Waals surface area contributed by atoms with Crippen molar-refractivity contribution in [1.29, 1.82) is 5.26 Å². The SMILES string of the molecule is C[C@H](Oc1nc2c(F)c(-c3csc4ccccc34)c(CCC#N)cc2c2c1cc(CN1CCCC1=O)n2[C@H]1[C@H]2CN[C@@H]1C2)[C@@H]1CCCN1C. The Labute approximate surface area is 289 Å². The van der Waals surface area contributed by atoms with Crippen LogP contribution in [0.4, 0.5) is 4.39 Å². The van der Waals surface area contributed by atoms with E-state index in [-0.39, 0.29) is 36.3 Å². The van der Waals surface area contributed by atoms with Crippen LogP contribution in [-0.2, 0) is 17.8 Å². The number of rotatable bonds is 9. The van der Waals surface area contributed by atoms with E-state index in [2.05, 4.69) is 53.0 Å². The lowest BCUT2D eigenvalue weighted by atomic mass is 9.79. The molecular weight excluding hydrogens is 636 g/mol. The monoisotopic (exact) mass is 676 g/mol. The third-order valence-corrected chi connectivity index (χ3v) is 12.7. The van der Waals surface area contributed by atoms with E-state index in [0.717, 1.165) is 88.5 Å². The second-order valence-corrected chi connectivity index (χ2v) is 15.5. The first-order chi connectivity index (χ1) is 23.9. The number of aromatic nitrogens is 2. The van der Waals surface area contributed by atoms with Gasteiger partial charge in [-0.05, 0) is 87.7 Å². The van der Waals surface area contributed by atoms with Crippen LogP contribution >= 0.6 is 11.3 Å². The standard InChI is InChI=1S/C39H41FN6O2S/c1-22(31-10-6-14-44(31)2)48-39-28-18-25(20-45-15-7-12-33(45)47)46(37-24-17-30(37)42-19-24)38(28)27-16-23(8-5-13-41)34(35(40)36(27)43-39)29-21-49-32-11-4-3-9-26(29)32/h3-4,9,11,16,18,21-22,24,30-31,37,42H,5-8,10,12,14-15,17,19-20H2,1-2H3/t22-,24+,30+,31-,37-/m0/s1. The van der Waals surface area contributed by atoms with Crippen molar-refractivity contribution in [1.82, 2.24) is 24.7 Å². The predicted octanol–water partition coefficient (Wildman–Crippen LogP) is 7.18. The minimum Gasteiger partial charge on any atom is -0.472 e. The van der Waals surface area contributed by atoms with Gasteiger partial charge in [0.05, 0.1) is 29.6 Å². The van der Waals surface area contributed by atoms with Crippen molar-refractivity contribution in [3.05, 3.63) is 58.9 Å². The molecule has 10 rings (SSSR count). The third kappa shape index (κ3) is 4.96. The van der Waals surface area contributed by atoms with Gasteiger partial charge in [-0.15, -0.1) is 11.3 Å². The van der Waals surface area contributed by atoms with Crippen molar-refractivity contribution in [2.45, 2.75) is 82.6 Å². The van der Waals surface area contributed by atoms with E-state index >= 15 is 4.39 Å². The van der Waals surface area contributed by atoms with Gasteiger partial charge in [0.1, 0.15) is 11.6 Å². The first-order valence-corrected chi connectivity index (χ1v) is 18.7. The zero-order valence-corrected chi connectivity index (χ0v) is 28.9. The number of halogens is 1. The number of benzene rings is 2. The van der Waals surface area contributed by atoms with E-state index in [1.54, 1.807) is 11.3 Å². The maximum Gasteiger partial charge on any atom is 0.223 e. The fourth-order valence-corrected chi connectivity index (χ4v) is 10.2. The third-order valence-electron chi connectivity index (χ3n) is 11.7. The Morgan fingerprint density at radius 2 is 2.06 bits per heavy atom. The highest BCUT2D eigenvalue weighted by molar-refractivity contribution is 7.17. The molecule has 5 atom stereocenters. The molecule has 1 amide bonds. The van der Waals surface area contributed by atoms with Crippen LogP contribution in [0.1, 0.15) is 62.7 Å². The van der Waals surface area contributed by atoms with Crippen molar-refractivity contribution >= 4 is 49.1 Å². The number of nitrogens with one attached hydrogen (secondary N) is 1. The average Bonchev–Trinajstić information content (AvgIpc) is 3.94. The van der Waals surface area contributed by atoms with Gasteiger partial charge in [-0.3, -0.25) is 9.69 Å². The number of thiophene rings is 1. The van der Waals surface area contributed by atoms with Crippen LogP contribution in [0.5, 0.6) is 5.88 Å². The Morgan fingerprint density at radius 1 is 1.18 bits per heavy atom. The molecule has 0 radical (unpaired) electrons. The summed E-state index contributed by atoms with van der Waals surface area (Å²) >= 11 is 1.60. The largest absolute Gasteiger partial charge is 0.472 e. The highest BCUT2D eigenvalue weighted by Crippen LogP contribution is 2.50. The van der Waals surface area contributed by atoms with E-state index in [0.29, 0.717) is 48.3 Å². The number of pyridine rings is 1. The molecule has 4 aliphatic heterocycles. The Morgan fingerprint density at radius 3 is 2.80 bits per heavy atom. The number of amides is 1. The lowest BCUT2D eigenvalue weighted by molar-refractivity contribution is -0.128. The van der Waals surface area contributed by atoms with E-state index < -0.39 is 0 Å². The number of nitrogens with zero attached hydrogens (tertiary/aromatic N) is 5. The number of ether oxygens (including phenoxy) is 1. The summed E-state index contributed by atoms with van der Waals surface area (Å²) in [7, 11) is 2.14. The summed E-state index contributed by atoms with van der Waals surface area (Å²) in [6, 6.07) is 15.4. The first kappa shape index (κ1) is 31.0. The molecule has 2 aromatic carbocycles. The maximum atomic E-state index is 17.6. The molecule has 4 saturated heterocycles. The summed E-state index contributed by atoms with van der Waals surface area (Å²) in [5.41, 5.74) is 4.44. The van der Waals surface area contributed by atoms with E-state index in [4.69, 9.17) is 9.72 Å². The second kappa shape index (κ2) is 12.1. The minimum absolute atomic E-state index is 0.146. The number of hydrogen-bond donors (Lipinski definition) is 1. The number of likely N-dealkylation sites (tertiary alicyclic amines) is 2. The number of nitriles is 1. The van der Waals surface area contributed by atoms with E-state index in [1.165, 1.54) is 0 Å². The van der Waals surface area contributed by atoms with Gasteiger partial charge in [-0.2, -0.15) is 5.26 Å². The van der Waals surface area contributed by atoms with Gasteiger partial charge in [0.2, 0.25) is 11.8 Å². The number of carbonyl (C=O) groups is 1. The highest BCUT2D eigenvalue weighted by atomic mass is 32.1. The Balaban J connectivity index is 1.32. The molecule has 10 heteroatoms. The number of hydrogen-bond acceptors (Lipinski definition) is 7. The van der Waals surface area contributed by atoms with Gasteiger partial charge < -0.3 is 19.5 Å². The second-order valence-electron chi connectivity index (χ2n) is 14.5. The van der Waals surface area contributed by atoms with Crippen molar-refractivity contribution in [2.75, 3.05) is 26.7 Å². The van der Waals surface area contributed by atoms with Crippen molar-refractivity contribution in [3.63, 3.8) is 0 Å². The lowest BCUT2D eigenvalue weighted by Crippen LogP contribution is -2.40. The zero-order chi connectivity index (χ0) is 33.4. The molecule has 5 aliphatic rings. The fourth-order valence-electron chi connectivity index (χ4n) is 9.25. The van der Waals surface area contributed by atoms with Crippen LogP contribution in [0, 0.1) is 23.1 Å². The Bertz CT molecular complexity index is 2150. The van der Waals surface area contributed by atoms with Crippen molar-refractivity contribution in [2.24, 2.45) is 5.92 Å². The fraction of sp³-hybridized carbons (Fsp3) is 0.462. The maximum absolute atomic E-state index is 17.6. The summed E-state index contributed by atoms with van der Waals surface area (Å²) in [6.07, 6.45) is 5.29. The molecule has 1 saturated carbocycles. The first-order valence-electron chi connectivity index (χ1n) is 17.8. The summed E-state index contributed by atoms with van der Waals surface area (Å²) in [4.78, 5) is 22.3. The molecule has 7 heterocycles. The highest BCUT2D eigenvalue weighted by Gasteiger charge is 2.49. The van der Waals surface area contributed by atoms with Crippen LogP contribution in [0.25, 0.3) is 43.0 Å². The van der Waals surface area contributed by atoms with Gasteiger partial charge in [0.25, 0.3) is 0 Å². The Kier molecular flexibility index (Phi) is 7.64. The van der Waals surface area contributed by atoms with E-state index in [9.17, 15) is 10.1 Å². The molecule has 5 aromatic rings. The molecule has 5 fully saturated rings. The lowest BCUT2D eigenvalue weighted by Gasteiger charge is -2.38. The van der Waals surface area contributed by atoms with Crippen molar-refractivity contribution < 1.29 is 13.9 Å². The normalized spacial score (nSPS) is 24.4. The molecule has 1 N–H and O–H groups in total. The molecule has 1 aliphatic carbocycles. The molecule has 2 bridgehead atoms. The zero-order valence-electron chi connectivity index (χ0n) is 28.0. The van der Waals surface area contributed by atoms with E-state index in [1.807, 2.05) is 28.5 Å². The smallest absolute Gasteiger partial charge is 0.223 e. The molecular formula is C39H41FN6O2S. The van der Waals surface area contributed by atoms with Gasteiger partial charge >= 0.3 is 0 Å². The van der Waals surface area contributed by atoms with Crippen LogP contribution in [0.2, 0.25) is 0 Å². The van der Waals surface area contributed by atoms with Gasteiger partial charge in [0.15, 0.2) is 5.82 Å². The number of likely N-dealkylation sites (N-methyl/N-ethyl adjacent to an activating group) is 1. The molecule has 0 spiro atoms. The number of fused-ring (bicyclic) bond motifs is 5. The summed E-state index contributed by atoms with van der Waals surface area (Å²) in [5.74, 6) is 0.727. The molecule has 252 valence electrons. The topological polar surface area (TPSA) is 86.4 Å². The number of carbonyl (C=O) groups excluding carboxylic acids is 1. The average molecular weight is 677 g/mol. The molecule has 3 aromatic heterocycles. The quantitative estimate of drug-likeness (QED) is 0.178. The van der Waals surface area contributed by atoms with Crippen LogP contribution in [0.3, 0.4) is 0 Å². The van der Waals surface area contributed by atoms with Gasteiger partial charge in [-0.1, -0.05) is 18.2 Å².